The van der Waals surface area contributed by atoms with Crippen molar-refractivity contribution in [3.8, 4) is 0 Å². The van der Waals surface area contributed by atoms with Gasteiger partial charge in [0.25, 0.3) is 0 Å². The summed E-state index contributed by atoms with van der Waals surface area (Å²) in [6.45, 7) is 9.75. The molecule has 0 aromatic heterocycles. The van der Waals surface area contributed by atoms with Gasteiger partial charge in [-0.2, -0.15) is 0 Å². The minimum absolute atomic E-state index is 0.626. The highest BCUT2D eigenvalue weighted by atomic mass is 35.5. The maximum atomic E-state index is 5.92. The topological polar surface area (TPSA) is 0 Å². The van der Waals surface area contributed by atoms with E-state index in [0.717, 1.165) is 41.4 Å². The van der Waals surface area contributed by atoms with Crippen molar-refractivity contribution >= 4 is 11.6 Å². The SMILES string of the molecule is CC(C)C1C2CC(c3ccc(CCl)cc3)C(C2)C1C(C)C. The lowest BCUT2D eigenvalue weighted by Gasteiger charge is -2.40. The van der Waals surface area contributed by atoms with Gasteiger partial charge in [0.2, 0.25) is 0 Å². The molecule has 0 heterocycles. The van der Waals surface area contributed by atoms with Crippen LogP contribution in [0.2, 0.25) is 0 Å². The minimum atomic E-state index is 0.626. The predicted octanol–water partition coefficient (Wildman–Crippen LogP) is 6.09. The van der Waals surface area contributed by atoms with Crippen LogP contribution in [0.4, 0.5) is 0 Å². The molecule has 21 heavy (non-hydrogen) atoms. The zero-order chi connectivity index (χ0) is 15.1. The summed E-state index contributed by atoms with van der Waals surface area (Å²) in [7, 11) is 0. The molecule has 2 saturated carbocycles. The van der Waals surface area contributed by atoms with Gasteiger partial charge in [-0.15, -0.1) is 11.6 Å². The molecule has 0 amide bonds. The zero-order valence-corrected chi connectivity index (χ0v) is 14.6. The third-order valence-corrected chi connectivity index (χ3v) is 6.54. The normalized spacial score (nSPS) is 35.1. The van der Waals surface area contributed by atoms with Crippen LogP contribution < -0.4 is 0 Å². The van der Waals surface area contributed by atoms with Crippen LogP contribution >= 0.6 is 11.6 Å². The van der Waals surface area contributed by atoms with Gasteiger partial charge in [0, 0.05) is 5.88 Å². The lowest BCUT2D eigenvalue weighted by atomic mass is 9.64. The molecule has 0 nitrogen and oxygen atoms in total. The summed E-state index contributed by atoms with van der Waals surface area (Å²) in [5.74, 6) is 6.81. The van der Waals surface area contributed by atoms with Crippen LogP contribution in [-0.4, -0.2) is 0 Å². The molecule has 2 aliphatic carbocycles. The molecule has 1 aromatic rings. The van der Waals surface area contributed by atoms with Gasteiger partial charge in [-0.05, 0) is 65.4 Å². The highest BCUT2D eigenvalue weighted by molar-refractivity contribution is 6.17. The Morgan fingerprint density at radius 3 is 2.10 bits per heavy atom. The number of rotatable bonds is 4. The largest absolute Gasteiger partial charge is 0.122 e. The molecule has 5 atom stereocenters. The summed E-state index contributed by atoms with van der Waals surface area (Å²) in [4.78, 5) is 0. The summed E-state index contributed by atoms with van der Waals surface area (Å²) in [5, 5.41) is 0. The molecule has 116 valence electrons. The van der Waals surface area contributed by atoms with E-state index in [9.17, 15) is 0 Å². The highest BCUT2D eigenvalue weighted by Crippen LogP contribution is 2.62. The van der Waals surface area contributed by atoms with Crippen molar-refractivity contribution in [3.63, 3.8) is 0 Å². The van der Waals surface area contributed by atoms with Gasteiger partial charge in [-0.25, -0.2) is 0 Å². The Hall–Kier alpha value is -0.490. The number of hydrogen-bond donors (Lipinski definition) is 0. The molecule has 2 bridgehead atoms. The number of halogens is 1. The number of benzene rings is 1. The van der Waals surface area contributed by atoms with Crippen molar-refractivity contribution in [2.45, 2.75) is 52.3 Å². The summed E-state index contributed by atoms with van der Waals surface area (Å²) < 4.78 is 0. The molecular formula is C20H29Cl. The summed E-state index contributed by atoms with van der Waals surface area (Å²) in [5.41, 5.74) is 2.80. The van der Waals surface area contributed by atoms with Crippen LogP contribution in [0.15, 0.2) is 24.3 Å². The van der Waals surface area contributed by atoms with E-state index in [1.54, 1.807) is 5.56 Å². The lowest BCUT2D eigenvalue weighted by molar-refractivity contribution is 0.110. The van der Waals surface area contributed by atoms with Crippen LogP contribution in [0, 0.1) is 35.5 Å². The second-order valence-electron chi connectivity index (χ2n) is 8.02. The van der Waals surface area contributed by atoms with E-state index in [0.29, 0.717) is 5.88 Å². The smallest absolute Gasteiger partial charge is 0.0474 e. The first kappa shape index (κ1) is 15.4. The van der Waals surface area contributed by atoms with E-state index in [2.05, 4.69) is 52.0 Å². The quantitative estimate of drug-likeness (QED) is 0.590. The fraction of sp³-hybridized carbons (Fsp3) is 0.700. The standard InChI is InChI=1S/C20H29Cl/c1-12(2)19-16-9-17(18(10-16)20(19)13(3)4)15-7-5-14(11-21)6-8-15/h5-8,12-13,16-20H,9-11H2,1-4H3. The van der Waals surface area contributed by atoms with Crippen LogP contribution in [0.3, 0.4) is 0 Å². The molecule has 2 aliphatic rings. The van der Waals surface area contributed by atoms with E-state index in [1.807, 2.05) is 0 Å². The van der Waals surface area contributed by atoms with Gasteiger partial charge in [0.15, 0.2) is 0 Å². The van der Waals surface area contributed by atoms with E-state index in [1.165, 1.54) is 18.4 Å². The van der Waals surface area contributed by atoms with E-state index in [4.69, 9.17) is 11.6 Å². The third-order valence-electron chi connectivity index (χ3n) is 6.23. The van der Waals surface area contributed by atoms with Crippen LogP contribution in [-0.2, 0) is 5.88 Å². The second kappa shape index (κ2) is 5.95. The number of fused-ring (bicyclic) bond motifs is 2. The Morgan fingerprint density at radius 1 is 0.952 bits per heavy atom. The molecule has 0 aliphatic heterocycles. The van der Waals surface area contributed by atoms with Crippen molar-refractivity contribution in [2.75, 3.05) is 0 Å². The molecular weight excluding hydrogens is 276 g/mol. The summed E-state index contributed by atoms with van der Waals surface area (Å²) in [6, 6.07) is 9.12. The molecule has 0 N–H and O–H groups in total. The Bertz CT molecular complexity index is 473. The molecule has 5 unspecified atom stereocenters. The van der Waals surface area contributed by atoms with E-state index in [-0.39, 0.29) is 0 Å². The highest BCUT2D eigenvalue weighted by Gasteiger charge is 2.53. The van der Waals surface area contributed by atoms with Gasteiger partial charge in [0.05, 0.1) is 0 Å². The maximum absolute atomic E-state index is 5.92. The van der Waals surface area contributed by atoms with Gasteiger partial charge in [-0.3, -0.25) is 0 Å². The second-order valence-corrected chi connectivity index (χ2v) is 8.29. The minimum Gasteiger partial charge on any atom is -0.122 e. The molecule has 2 fully saturated rings. The molecule has 0 radical (unpaired) electrons. The molecule has 0 spiro atoms. The average molecular weight is 305 g/mol. The Balaban J connectivity index is 1.84. The fourth-order valence-electron chi connectivity index (χ4n) is 5.62. The van der Waals surface area contributed by atoms with Crippen molar-refractivity contribution in [1.29, 1.82) is 0 Å². The van der Waals surface area contributed by atoms with Gasteiger partial charge in [-0.1, -0.05) is 52.0 Å². The van der Waals surface area contributed by atoms with Crippen molar-refractivity contribution in [3.05, 3.63) is 35.4 Å². The third kappa shape index (κ3) is 2.65. The number of alkyl halides is 1. The lowest BCUT2D eigenvalue weighted by Crippen LogP contribution is -2.33. The Morgan fingerprint density at radius 2 is 1.57 bits per heavy atom. The Kier molecular flexibility index (Phi) is 4.37. The van der Waals surface area contributed by atoms with E-state index < -0.39 is 0 Å². The van der Waals surface area contributed by atoms with Gasteiger partial charge < -0.3 is 0 Å². The van der Waals surface area contributed by atoms with Crippen molar-refractivity contribution in [1.82, 2.24) is 0 Å². The predicted molar refractivity (Wildman–Crippen MR) is 91.6 cm³/mol. The maximum Gasteiger partial charge on any atom is 0.0474 e. The fourth-order valence-corrected chi connectivity index (χ4v) is 5.79. The number of hydrogen-bond acceptors (Lipinski definition) is 0. The van der Waals surface area contributed by atoms with Crippen LogP contribution in [0.1, 0.15) is 57.6 Å². The first-order valence-electron chi connectivity index (χ1n) is 8.67. The van der Waals surface area contributed by atoms with Crippen LogP contribution in [0.5, 0.6) is 0 Å². The van der Waals surface area contributed by atoms with Crippen LogP contribution in [0.25, 0.3) is 0 Å². The monoisotopic (exact) mass is 304 g/mol. The summed E-state index contributed by atoms with van der Waals surface area (Å²) in [6.07, 6.45) is 2.88. The average Bonchev–Trinajstić information content (AvgIpc) is 3.05. The zero-order valence-electron chi connectivity index (χ0n) is 13.9. The molecule has 3 rings (SSSR count). The first-order chi connectivity index (χ1) is 10.0. The van der Waals surface area contributed by atoms with E-state index >= 15 is 0 Å². The van der Waals surface area contributed by atoms with Crippen molar-refractivity contribution in [2.24, 2.45) is 35.5 Å². The molecule has 0 saturated heterocycles. The molecule has 1 aromatic carbocycles. The first-order valence-corrected chi connectivity index (χ1v) is 9.21. The van der Waals surface area contributed by atoms with Gasteiger partial charge >= 0.3 is 0 Å². The summed E-state index contributed by atoms with van der Waals surface area (Å²) >= 11 is 5.92. The van der Waals surface area contributed by atoms with Gasteiger partial charge in [0.1, 0.15) is 0 Å². The van der Waals surface area contributed by atoms with Crippen molar-refractivity contribution < 1.29 is 0 Å². The molecule has 1 heteroatoms. The Labute approximate surface area is 135 Å².